The average molecular weight is 278 g/mol. The number of nitrogens with two attached hydrogens (primary N) is 1. The summed E-state index contributed by atoms with van der Waals surface area (Å²) in [5, 5.41) is 0.621. The number of thiocarbonyl (C=S) groups is 1. The van der Waals surface area contributed by atoms with E-state index in [-0.39, 0.29) is 0 Å². The van der Waals surface area contributed by atoms with Gasteiger partial charge in [-0.1, -0.05) is 11.2 Å². The fraction of sp³-hybridized carbons (Fsp3) is 0.909. The fourth-order valence-corrected chi connectivity index (χ4v) is 3.11. The number of unbranched alkanes of at least 4 members (excludes halogenated alkanes) is 1. The molecule has 0 radical (unpaired) electrons. The average Bonchev–Trinajstić information content (AvgIpc) is 2.26. The van der Waals surface area contributed by atoms with Crippen LogP contribution in [0.4, 0.5) is 0 Å². The summed E-state index contributed by atoms with van der Waals surface area (Å²) in [6, 6.07) is 0. The van der Waals surface area contributed by atoms with E-state index in [1.165, 1.54) is 0 Å². The van der Waals surface area contributed by atoms with Gasteiger partial charge in [0.2, 0.25) is 0 Å². The molecule has 0 aliphatic carbocycles. The van der Waals surface area contributed by atoms with E-state index in [2.05, 4.69) is 11.9 Å². The number of hydrogen-bond donors (Lipinski definition) is 1. The first kappa shape index (κ1) is 15.2. The third-order valence-electron chi connectivity index (χ3n) is 3.55. The molecule has 0 aromatic heterocycles. The second-order valence-corrected chi connectivity index (χ2v) is 6.91. The van der Waals surface area contributed by atoms with Gasteiger partial charge in [0.1, 0.15) is 5.75 Å². The van der Waals surface area contributed by atoms with E-state index in [1.807, 2.05) is 0 Å². The molecule has 0 aromatic rings. The first-order valence-electron chi connectivity index (χ1n) is 6.11. The Labute approximate surface area is 113 Å². The number of quaternary nitrogens is 1. The first-order chi connectivity index (χ1) is 7.96. The van der Waals surface area contributed by atoms with Crippen LogP contribution in [0.2, 0.25) is 0 Å². The van der Waals surface area contributed by atoms with Crippen molar-refractivity contribution in [3.05, 3.63) is 0 Å². The standard InChI is InChI=1S/C11H23N3OS2/c1-13-5-8-14(9-6-13,11(12)16)7-3-4-10-17(2)15/h3-10H2,1-2H3,(H-,12,16)/p+1. The summed E-state index contributed by atoms with van der Waals surface area (Å²) in [4.78, 5) is 2.32. The maximum atomic E-state index is 11.0. The molecule has 1 heterocycles. The number of piperazine rings is 1. The lowest BCUT2D eigenvalue weighted by molar-refractivity contribution is -0.845. The highest BCUT2D eigenvalue weighted by Gasteiger charge is 2.34. The van der Waals surface area contributed by atoms with Gasteiger partial charge in [-0.25, -0.2) is 0 Å². The molecule has 6 heteroatoms. The van der Waals surface area contributed by atoms with Gasteiger partial charge in [-0.15, -0.1) is 0 Å². The van der Waals surface area contributed by atoms with Crippen LogP contribution < -0.4 is 5.73 Å². The Morgan fingerprint density at radius 1 is 1.41 bits per heavy atom. The van der Waals surface area contributed by atoms with Gasteiger partial charge in [0.05, 0.1) is 25.9 Å². The molecule has 0 saturated carbocycles. The third kappa shape index (κ3) is 4.71. The predicted octanol–water partition coefficient (Wildman–Crippen LogP) is 0.151. The van der Waals surface area contributed by atoms with Crippen molar-refractivity contribution in [3.63, 3.8) is 0 Å². The van der Waals surface area contributed by atoms with Crippen LogP contribution >= 0.6 is 12.2 Å². The molecule has 1 aliphatic rings. The monoisotopic (exact) mass is 278 g/mol. The SMILES string of the molecule is CN1CC[N+](CCCC[S+](C)[O-])(C(N)=S)CC1. The molecule has 0 amide bonds. The fourth-order valence-electron chi connectivity index (χ4n) is 2.22. The van der Waals surface area contributed by atoms with Gasteiger partial charge < -0.3 is 10.3 Å². The van der Waals surface area contributed by atoms with Gasteiger partial charge in [0.25, 0.3) is 5.11 Å². The Hall–Kier alpha value is 0.120. The second kappa shape index (κ2) is 6.89. The van der Waals surface area contributed by atoms with Crippen molar-refractivity contribution in [2.24, 2.45) is 5.73 Å². The Bertz CT molecular complexity index is 253. The van der Waals surface area contributed by atoms with Crippen molar-refractivity contribution in [1.82, 2.24) is 4.90 Å². The smallest absolute Gasteiger partial charge is 0.267 e. The molecular weight excluding hydrogens is 254 g/mol. The lowest BCUT2D eigenvalue weighted by atomic mass is 10.2. The molecule has 17 heavy (non-hydrogen) atoms. The molecule has 1 aliphatic heterocycles. The summed E-state index contributed by atoms with van der Waals surface area (Å²) < 4.78 is 11.8. The van der Waals surface area contributed by atoms with Crippen LogP contribution in [0.3, 0.4) is 0 Å². The molecule has 2 N–H and O–H groups in total. The highest BCUT2D eigenvalue weighted by atomic mass is 32.2. The molecular formula is C11H24N3OS2+. The maximum absolute atomic E-state index is 11.0. The van der Waals surface area contributed by atoms with E-state index in [0.29, 0.717) is 5.11 Å². The Morgan fingerprint density at radius 3 is 2.47 bits per heavy atom. The van der Waals surface area contributed by atoms with E-state index in [4.69, 9.17) is 18.0 Å². The van der Waals surface area contributed by atoms with Gasteiger partial charge >= 0.3 is 0 Å². The lowest BCUT2D eigenvalue weighted by Gasteiger charge is -2.42. The largest absolute Gasteiger partial charge is 0.617 e. The van der Waals surface area contributed by atoms with Crippen LogP contribution in [0.5, 0.6) is 0 Å². The minimum atomic E-state index is -0.681. The topological polar surface area (TPSA) is 52.3 Å². The Morgan fingerprint density at radius 2 is 2.00 bits per heavy atom. The Balaban J connectivity index is 2.41. The van der Waals surface area contributed by atoms with E-state index in [1.54, 1.807) is 6.26 Å². The van der Waals surface area contributed by atoms with Crippen LogP contribution in [-0.2, 0) is 11.2 Å². The molecule has 1 atom stereocenters. The van der Waals surface area contributed by atoms with Crippen molar-refractivity contribution >= 4 is 28.5 Å². The molecule has 0 aromatic carbocycles. The zero-order valence-electron chi connectivity index (χ0n) is 10.9. The summed E-state index contributed by atoms with van der Waals surface area (Å²) in [6.45, 7) is 5.14. The summed E-state index contributed by atoms with van der Waals surface area (Å²) in [6.07, 6.45) is 3.82. The lowest BCUT2D eigenvalue weighted by Crippen LogP contribution is -2.64. The summed E-state index contributed by atoms with van der Waals surface area (Å²) in [5.74, 6) is 0.789. The highest BCUT2D eigenvalue weighted by Crippen LogP contribution is 2.14. The molecule has 0 bridgehead atoms. The van der Waals surface area contributed by atoms with E-state index >= 15 is 0 Å². The zero-order chi connectivity index (χ0) is 12.9. The van der Waals surface area contributed by atoms with E-state index in [0.717, 1.165) is 55.8 Å². The number of hydrogen-bond acceptors (Lipinski definition) is 3. The summed E-state index contributed by atoms with van der Waals surface area (Å²) in [5.41, 5.74) is 5.91. The molecule has 1 rings (SSSR count). The summed E-state index contributed by atoms with van der Waals surface area (Å²) in [7, 11) is 2.13. The second-order valence-electron chi connectivity index (χ2n) is 4.94. The molecule has 1 saturated heterocycles. The Kier molecular flexibility index (Phi) is 6.16. The molecule has 100 valence electrons. The molecule has 1 unspecified atom stereocenters. The van der Waals surface area contributed by atoms with Crippen molar-refractivity contribution < 1.29 is 9.04 Å². The van der Waals surface area contributed by atoms with Crippen LogP contribution in [0, 0.1) is 0 Å². The third-order valence-corrected chi connectivity index (χ3v) is 4.81. The first-order valence-corrected chi connectivity index (χ1v) is 8.24. The van der Waals surface area contributed by atoms with Crippen molar-refractivity contribution in [3.8, 4) is 0 Å². The normalized spacial score (nSPS) is 22.3. The summed E-state index contributed by atoms with van der Waals surface area (Å²) >= 11 is 4.56. The number of nitrogens with zero attached hydrogens (tertiary/aromatic N) is 2. The van der Waals surface area contributed by atoms with Gasteiger partial charge in [-0.2, -0.15) is 0 Å². The van der Waals surface area contributed by atoms with Crippen LogP contribution in [-0.4, -0.2) is 70.8 Å². The van der Waals surface area contributed by atoms with Crippen LogP contribution in [0.15, 0.2) is 0 Å². The number of rotatable bonds is 5. The highest BCUT2D eigenvalue weighted by molar-refractivity contribution is 7.90. The minimum absolute atomic E-state index is 0.621. The molecule has 4 nitrogen and oxygen atoms in total. The van der Waals surface area contributed by atoms with Crippen molar-refractivity contribution in [1.29, 1.82) is 0 Å². The van der Waals surface area contributed by atoms with E-state index in [9.17, 15) is 4.55 Å². The van der Waals surface area contributed by atoms with E-state index < -0.39 is 11.2 Å². The van der Waals surface area contributed by atoms with Crippen molar-refractivity contribution in [2.75, 3.05) is 51.8 Å². The van der Waals surface area contributed by atoms with Crippen LogP contribution in [0.25, 0.3) is 0 Å². The number of likely N-dealkylation sites (N-methyl/N-ethyl adjacent to an activating group) is 1. The van der Waals surface area contributed by atoms with Gasteiger partial charge in [-0.3, -0.25) is 9.38 Å². The van der Waals surface area contributed by atoms with Gasteiger partial charge in [-0.05, 0) is 13.5 Å². The minimum Gasteiger partial charge on any atom is -0.617 e. The van der Waals surface area contributed by atoms with Crippen molar-refractivity contribution in [2.45, 2.75) is 12.8 Å². The zero-order valence-corrected chi connectivity index (χ0v) is 12.5. The molecule has 0 spiro atoms. The maximum Gasteiger partial charge on any atom is 0.267 e. The van der Waals surface area contributed by atoms with Crippen LogP contribution in [0.1, 0.15) is 12.8 Å². The predicted molar refractivity (Wildman–Crippen MR) is 77.3 cm³/mol. The van der Waals surface area contributed by atoms with Gasteiger partial charge in [0.15, 0.2) is 0 Å². The molecule has 1 fully saturated rings. The quantitative estimate of drug-likeness (QED) is 0.337. The van der Waals surface area contributed by atoms with Gasteiger partial charge in [0, 0.05) is 31.7 Å².